The summed E-state index contributed by atoms with van der Waals surface area (Å²) in [6, 6.07) is 13.8. The van der Waals surface area contributed by atoms with E-state index in [9.17, 15) is 10.1 Å². The van der Waals surface area contributed by atoms with Gasteiger partial charge in [0.05, 0.1) is 0 Å². The van der Waals surface area contributed by atoms with E-state index >= 15 is 0 Å². The average molecular weight is 332 g/mol. The Morgan fingerprint density at radius 2 is 1.88 bits per heavy atom. The summed E-state index contributed by atoms with van der Waals surface area (Å²) in [6.45, 7) is 6.69. The van der Waals surface area contributed by atoms with E-state index in [0.29, 0.717) is 0 Å². The van der Waals surface area contributed by atoms with Gasteiger partial charge in [-0.3, -0.25) is 14.9 Å². The number of rotatable bonds is 4. The lowest BCUT2D eigenvalue weighted by Gasteiger charge is -2.10. The van der Waals surface area contributed by atoms with Crippen LogP contribution < -0.4 is 5.43 Å². The van der Waals surface area contributed by atoms with Crippen LogP contribution >= 0.6 is 0 Å². The minimum absolute atomic E-state index is 0.0755. The maximum absolute atomic E-state index is 12.5. The molecule has 25 heavy (non-hydrogen) atoms. The maximum atomic E-state index is 12.5. The summed E-state index contributed by atoms with van der Waals surface area (Å²) in [5, 5.41) is 10.5. The molecular weight excluding hydrogens is 312 g/mol. The highest BCUT2D eigenvalue weighted by molar-refractivity contribution is 6.08. The van der Waals surface area contributed by atoms with Gasteiger partial charge in [-0.1, -0.05) is 18.2 Å². The van der Waals surface area contributed by atoms with Crippen LogP contribution in [0.25, 0.3) is 17.0 Å². The molecule has 0 aliphatic heterocycles. The third-order valence-electron chi connectivity index (χ3n) is 4.31. The van der Waals surface area contributed by atoms with Crippen molar-refractivity contribution in [2.75, 3.05) is 5.43 Å². The van der Waals surface area contributed by atoms with Crippen molar-refractivity contribution in [2.24, 2.45) is 0 Å². The number of aryl methyl sites for hydroxylation is 3. The monoisotopic (exact) mass is 332 g/mol. The topological polar surface area (TPSA) is 62.8 Å². The van der Waals surface area contributed by atoms with Gasteiger partial charge in [-0.2, -0.15) is 5.26 Å². The summed E-state index contributed by atoms with van der Waals surface area (Å²) in [5.74, 6) is -0.418. The molecular formula is C20H20N4O. The van der Waals surface area contributed by atoms with Crippen LogP contribution in [0, 0.1) is 25.2 Å². The van der Waals surface area contributed by atoms with Crippen LogP contribution in [0.15, 0.2) is 48.2 Å². The molecule has 0 aliphatic carbocycles. The van der Waals surface area contributed by atoms with Crippen LogP contribution in [-0.2, 0) is 11.3 Å². The molecule has 2 heterocycles. The van der Waals surface area contributed by atoms with Gasteiger partial charge in [0.1, 0.15) is 11.6 Å². The van der Waals surface area contributed by atoms with Gasteiger partial charge in [-0.15, -0.1) is 0 Å². The van der Waals surface area contributed by atoms with Gasteiger partial charge in [-0.25, -0.2) is 0 Å². The largest absolute Gasteiger partial charge is 0.347 e. The number of amides is 1. The molecule has 0 radical (unpaired) electrons. The number of nitrogens with one attached hydrogen (secondary N) is 1. The Kier molecular flexibility index (Phi) is 4.44. The van der Waals surface area contributed by atoms with Crippen molar-refractivity contribution in [1.29, 1.82) is 5.26 Å². The summed E-state index contributed by atoms with van der Waals surface area (Å²) in [5.41, 5.74) is 6.63. The summed E-state index contributed by atoms with van der Waals surface area (Å²) >= 11 is 0. The Morgan fingerprint density at radius 3 is 2.52 bits per heavy atom. The van der Waals surface area contributed by atoms with Crippen LogP contribution in [0.5, 0.6) is 0 Å². The second-order valence-corrected chi connectivity index (χ2v) is 5.95. The second-order valence-electron chi connectivity index (χ2n) is 5.95. The second kappa shape index (κ2) is 6.70. The fraction of sp³-hybridized carbons (Fsp3) is 0.200. The number of hydrogen-bond donors (Lipinski definition) is 1. The van der Waals surface area contributed by atoms with E-state index in [0.717, 1.165) is 34.4 Å². The molecule has 0 unspecified atom stereocenters. The lowest BCUT2D eigenvalue weighted by atomic mass is 10.1. The van der Waals surface area contributed by atoms with E-state index in [1.165, 1.54) is 0 Å². The molecule has 1 N–H and O–H groups in total. The fourth-order valence-corrected chi connectivity index (χ4v) is 2.96. The predicted molar refractivity (Wildman–Crippen MR) is 99.5 cm³/mol. The Morgan fingerprint density at radius 1 is 1.20 bits per heavy atom. The number of carbonyl (C=O) groups is 1. The fourth-order valence-electron chi connectivity index (χ4n) is 2.96. The van der Waals surface area contributed by atoms with E-state index < -0.39 is 5.91 Å². The zero-order valence-corrected chi connectivity index (χ0v) is 14.6. The standard InChI is InChI=1S/C20H20N4O/c1-4-23-13-17(18-7-5-6-8-19(18)23)11-16(12-21)20(25)22-24-14(2)9-10-15(24)3/h5-11,13H,4H2,1-3H3,(H,22,25)/b16-11-. The van der Waals surface area contributed by atoms with Gasteiger partial charge >= 0.3 is 0 Å². The van der Waals surface area contributed by atoms with Crippen molar-refractivity contribution >= 4 is 22.9 Å². The molecule has 0 spiro atoms. The molecule has 1 aromatic carbocycles. The molecule has 2 aromatic heterocycles. The molecule has 0 bridgehead atoms. The van der Waals surface area contributed by atoms with Crippen LogP contribution in [0.4, 0.5) is 0 Å². The smallest absolute Gasteiger partial charge is 0.280 e. The van der Waals surface area contributed by atoms with Crippen LogP contribution in [0.2, 0.25) is 0 Å². The highest BCUT2D eigenvalue weighted by Crippen LogP contribution is 2.23. The molecule has 0 aliphatic rings. The van der Waals surface area contributed by atoms with E-state index in [1.54, 1.807) is 10.8 Å². The molecule has 3 rings (SSSR count). The number of benzene rings is 1. The van der Waals surface area contributed by atoms with Crippen LogP contribution in [0.3, 0.4) is 0 Å². The van der Waals surface area contributed by atoms with Crippen molar-refractivity contribution in [3.05, 3.63) is 65.1 Å². The first kappa shape index (κ1) is 16.6. The first-order chi connectivity index (χ1) is 12.0. The molecule has 5 nitrogen and oxygen atoms in total. The number of nitriles is 1. The highest BCUT2D eigenvalue weighted by Gasteiger charge is 2.13. The van der Waals surface area contributed by atoms with Crippen molar-refractivity contribution < 1.29 is 4.79 Å². The summed E-state index contributed by atoms with van der Waals surface area (Å²) in [7, 11) is 0. The Hall–Kier alpha value is -3.26. The van der Waals surface area contributed by atoms with E-state index in [4.69, 9.17) is 0 Å². The summed E-state index contributed by atoms with van der Waals surface area (Å²) in [4.78, 5) is 12.5. The number of fused-ring (bicyclic) bond motifs is 1. The first-order valence-electron chi connectivity index (χ1n) is 8.21. The molecule has 3 aromatic rings. The van der Waals surface area contributed by atoms with Crippen molar-refractivity contribution in [3.8, 4) is 6.07 Å². The number of hydrogen-bond acceptors (Lipinski definition) is 2. The van der Waals surface area contributed by atoms with E-state index in [1.807, 2.05) is 62.5 Å². The van der Waals surface area contributed by atoms with Gasteiger partial charge in [-0.05, 0) is 45.0 Å². The van der Waals surface area contributed by atoms with E-state index in [-0.39, 0.29) is 5.57 Å². The minimum atomic E-state index is -0.418. The zero-order chi connectivity index (χ0) is 18.0. The quantitative estimate of drug-likeness (QED) is 0.584. The van der Waals surface area contributed by atoms with Crippen molar-refractivity contribution in [1.82, 2.24) is 9.24 Å². The Bertz CT molecular complexity index is 995. The molecule has 0 saturated heterocycles. The van der Waals surface area contributed by atoms with Gasteiger partial charge in [0, 0.05) is 40.6 Å². The van der Waals surface area contributed by atoms with Gasteiger partial charge in [0.15, 0.2) is 0 Å². The van der Waals surface area contributed by atoms with E-state index in [2.05, 4.69) is 16.9 Å². The van der Waals surface area contributed by atoms with Crippen LogP contribution in [0.1, 0.15) is 23.9 Å². The number of para-hydroxylation sites is 1. The first-order valence-corrected chi connectivity index (χ1v) is 8.21. The lowest BCUT2D eigenvalue weighted by molar-refractivity contribution is -0.113. The molecule has 0 fully saturated rings. The van der Waals surface area contributed by atoms with Gasteiger partial charge in [0.25, 0.3) is 5.91 Å². The summed E-state index contributed by atoms with van der Waals surface area (Å²) < 4.78 is 3.79. The number of carbonyl (C=O) groups excluding carboxylic acids is 1. The third-order valence-corrected chi connectivity index (χ3v) is 4.31. The maximum Gasteiger partial charge on any atom is 0.280 e. The molecule has 0 saturated carbocycles. The highest BCUT2D eigenvalue weighted by atomic mass is 16.2. The molecule has 1 amide bonds. The van der Waals surface area contributed by atoms with Crippen LogP contribution in [-0.4, -0.2) is 15.2 Å². The molecule has 126 valence electrons. The minimum Gasteiger partial charge on any atom is -0.347 e. The van der Waals surface area contributed by atoms with Gasteiger partial charge in [0.2, 0.25) is 0 Å². The SMILES string of the molecule is CCn1cc(/C=C(/C#N)C(=O)Nn2c(C)ccc2C)c2ccccc21. The van der Waals surface area contributed by atoms with Gasteiger partial charge < -0.3 is 4.57 Å². The number of nitrogens with zero attached hydrogens (tertiary/aromatic N) is 3. The normalized spacial score (nSPS) is 11.5. The lowest BCUT2D eigenvalue weighted by Crippen LogP contribution is -2.25. The number of aromatic nitrogens is 2. The molecule has 0 atom stereocenters. The van der Waals surface area contributed by atoms with Crippen molar-refractivity contribution in [3.63, 3.8) is 0 Å². The average Bonchev–Trinajstić information content (AvgIpc) is 3.14. The Balaban J connectivity index is 1.99. The molecule has 5 heteroatoms. The Labute approximate surface area is 146 Å². The van der Waals surface area contributed by atoms with Crippen molar-refractivity contribution in [2.45, 2.75) is 27.3 Å². The predicted octanol–water partition coefficient (Wildman–Crippen LogP) is 3.76. The summed E-state index contributed by atoms with van der Waals surface area (Å²) in [6.07, 6.45) is 3.62. The third kappa shape index (κ3) is 3.07. The zero-order valence-electron chi connectivity index (χ0n) is 14.6.